The van der Waals surface area contributed by atoms with Crippen molar-refractivity contribution in [2.45, 2.75) is 45.3 Å². The third-order valence-corrected chi connectivity index (χ3v) is 2.44. The van der Waals surface area contributed by atoms with Gasteiger partial charge in [0.15, 0.2) is 0 Å². The molecule has 1 aromatic carbocycles. The lowest BCUT2D eigenvalue weighted by molar-refractivity contribution is 0.0675. The Balaban J connectivity index is 2.35. The highest BCUT2D eigenvalue weighted by atomic mass is 16.5. The van der Waals surface area contributed by atoms with Crippen molar-refractivity contribution in [3.63, 3.8) is 0 Å². The normalized spacial score (nSPS) is 15.3. The predicted octanol–water partition coefficient (Wildman–Crippen LogP) is 3.10. The van der Waals surface area contributed by atoms with Gasteiger partial charge < -0.3 is 14.6 Å². The van der Waals surface area contributed by atoms with E-state index in [4.69, 9.17) is 9.47 Å². The first-order valence-electron chi connectivity index (χ1n) is 6.09. The first-order chi connectivity index (χ1) is 8.37. The highest BCUT2D eigenvalue weighted by Crippen LogP contribution is 2.35. The average Bonchev–Trinajstić information content (AvgIpc) is 2.98. The topological polar surface area (TPSA) is 55.8 Å². The van der Waals surface area contributed by atoms with Crippen LogP contribution in [0.5, 0.6) is 11.5 Å². The minimum atomic E-state index is -1.02. The lowest BCUT2D eigenvalue weighted by Gasteiger charge is -2.23. The molecule has 1 aliphatic carbocycles. The Morgan fingerprint density at radius 3 is 2.39 bits per heavy atom. The van der Waals surface area contributed by atoms with E-state index in [1.807, 2.05) is 20.8 Å². The van der Waals surface area contributed by atoms with Crippen LogP contribution < -0.4 is 9.47 Å². The fraction of sp³-hybridized carbons (Fsp3) is 0.500. The third kappa shape index (κ3) is 3.15. The first kappa shape index (κ1) is 12.7. The van der Waals surface area contributed by atoms with Crippen LogP contribution in [-0.2, 0) is 0 Å². The summed E-state index contributed by atoms with van der Waals surface area (Å²) in [6.07, 6.45) is 2.14. The van der Waals surface area contributed by atoms with Crippen LogP contribution in [0.3, 0.4) is 0 Å². The van der Waals surface area contributed by atoms with E-state index >= 15 is 0 Å². The fourth-order valence-electron chi connectivity index (χ4n) is 1.60. The summed E-state index contributed by atoms with van der Waals surface area (Å²) < 4.78 is 11.3. The molecule has 4 nitrogen and oxygen atoms in total. The first-order valence-corrected chi connectivity index (χ1v) is 6.09. The molecule has 1 fully saturated rings. The minimum Gasteiger partial charge on any atom is -0.489 e. The molecule has 1 N–H and O–H groups in total. The fourth-order valence-corrected chi connectivity index (χ4v) is 1.60. The van der Waals surface area contributed by atoms with E-state index < -0.39 is 11.6 Å². The number of aromatic carboxylic acids is 1. The van der Waals surface area contributed by atoms with Crippen molar-refractivity contribution in [1.82, 2.24) is 0 Å². The molecular formula is C14H18O4. The molecule has 0 spiro atoms. The second-order valence-electron chi connectivity index (χ2n) is 5.47. The molecule has 1 aromatic rings. The molecular weight excluding hydrogens is 232 g/mol. The Kier molecular flexibility index (Phi) is 3.20. The van der Waals surface area contributed by atoms with E-state index in [2.05, 4.69) is 0 Å². The van der Waals surface area contributed by atoms with Crippen LogP contribution in [0.4, 0.5) is 0 Å². The molecule has 0 atom stereocenters. The molecule has 4 heteroatoms. The lowest BCUT2D eigenvalue weighted by atomic mass is 10.1. The van der Waals surface area contributed by atoms with Gasteiger partial charge in [0, 0.05) is 0 Å². The maximum absolute atomic E-state index is 11.4. The monoisotopic (exact) mass is 250 g/mol. The van der Waals surface area contributed by atoms with Crippen molar-refractivity contribution in [2.24, 2.45) is 0 Å². The smallest absolute Gasteiger partial charge is 0.343 e. The van der Waals surface area contributed by atoms with E-state index in [1.165, 1.54) is 0 Å². The van der Waals surface area contributed by atoms with Crippen molar-refractivity contribution in [2.75, 3.05) is 0 Å². The van der Waals surface area contributed by atoms with Crippen LogP contribution in [0.2, 0.25) is 0 Å². The van der Waals surface area contributed by atoms with E-state index in [9.17, 15) is 9.90 Å². The Bertz CT molecular complexity index is 455. The van der Waals surface area contributed by atoms with Crippen molar-refractivity contribution >= 4 is 5.97 Å². The number of carbonyl (C=O) groups is 1. The zero-order chi connectivity index (χ0) is 13.3. The second-order valence-corrected chi connectivity index (χ2v) is 5.47. The van der Waals surface area contributed by atoms with Crippen LogP contribution in [0.25, 0.3) is 0 Å². The number of carboxylic acids is 1. The Hall–Kier alpha value is -1.71. The summed E-state index contributed by atoms with van der Waals surface area (Å²) in [5, 5.41) is 9.32. The molecule has 98 valence electrons. The summed E-state index contributed by atoms with van der Waals surface area (Å²) in [6, 6.07) is 5.09. The Morgan fingerprint density at radius 2 is 1.89 bits per heavy atom. The summed E-state index contributed by atoms with van der Waals surface area (Å²) in [5.74, 6) is -0.273. The van der Waals surface area contributed by atoms with Crippen LogP contribution >= 0.6 is 0 Å². The summed E-state index contributed by atoms with van der Waals surface area (Å²) in [6.45, 7) is 5.65. The van der Waals surface area contributed by atoms with Gasteiger partial charge in [0.1, 0.15) is 22.7 Å². The number of hydrogen-bond donors (Lipinski definition) is 1. The highest BCUT2D eigenvalue weighted by molar-refractivity contribution is 5.94. The standard InChI is InChI=1S/C14H18O4/c1-14(2,3)18-11-6-4-5-10(12(11)13(15)16)17-9-7-8-9/h4-6,9H,7-8H2,1-3H3,(H,15,16). The van der Waals surface area contributed by atoms with Crippen molar-refractivity contribution in [3.8, 4) is 11.5 Å². The SMILES string of the molecule is CC(C)(C)Oc1cccc(OC2CC2)c1C(=O)O. The molecule has 2 rings (SSSR count). The van der Waals surface area contributed by atoms with Gasteiger partial charge in [0.25, 0.3) is 0 Å². The van der Waals surface area contributed by atoms with E-state index in [0.717, 1.165) is 12.8 Å². The van der Waals surface area contributed by atoms with E-state index in [0.29, 0.717) is 11.5 Å². The molecule has 0 radical (unpaired) electrons. The largest absolute Gasteiger partial charge is 0.489 e. The summed E-state index contributed by atoms with van der Waals surface area (Å²) in [4.78, 5) is 11.4. The molecule has 1 saturated carbocycles. The molecule has 0 aliphatic heterocycles. The van der Waals surface area contributed by atoms with E-state index in [-0.39, 0.29) is 11.7 Å². The van der Waals surface area contributed by atoms with Crippen LogP contribution in [0.1, 0.15) is 44.0 Å². The lowest BCUT2D eigenvalue weighted by Crippen LogP contribution is -2.24. The third-order valence-electron chi connectivity index (χ3n) is 2.44. The molecule has 0 amide bonds. The molecule has 0 unspecified atom stereocenters. The zero-order valence-corrected chi connectivity index (χ0v) is 10.9. The van der Waals surface area contributed by atoms with Gasteiger partial charge in [-0.3, -0.25) is 0 Å². The Labute approximate surface area is 107 Å². The van der Waals surface area contributed by atoms with Gasteiger partial charge >= 0.3 is 5.97 Å². The van der Waals surface area contributed by atoms with Gasteiger partial charge in [0.05, 0.1) is 6.10 Å². The molecule has 1 aliphatic rings. The van der Waals surface area contributed by atoms with Crippen LogP contribution in [0.15, 0.2) is 18.2 Å². The number of carboxylic acid groups (broad SMARTS) is 1. The summed E-state index contributed by atoms with van der Waals surface area (Å²) in [7, 11) is 0. The molecule has 0 saturated heterocycles. The summed E-state index contributed by atoms with van der Waals surface area (Å²) in [5.41, 5.74) is -0.332. The zero-order valence-electron chi connectivity index (χ0n) is 10.9. The van der Waals surface area contributed by atoms with Gasteiger partial charge in [-0.15, -0.1) is 0 Å². The maximum atomic E-state index is 11.4. The predicted molar refractivity (Wildman–Crippen MR) is 67.4 cm³/mol. The Morgan fingerprint density at radius 1 is 1.28 bits per heavy atom. The van der Waals surface area contributed by atoms with Gasteiger partial charge in [0.2, 0.25) is 0 Å². The number of rotatable bonds is 4. The second kappa shape index (κ2) is 4.52. The van der Waals surface area contributed by atoms with Gasteiger partial charge in [-0.1, -0.05) is 6.07 Å². The number of ether oxygens (including phenoxy) is 2. The van der Waals surface area contributed by atoms with E-state index in [1.54, 1.807) is 18.2 Å². The summed E-state index contributed by atoms with van der Waals surface area (Å²) >= 11 is 0. The van der Waals surface area contributed by atoms with Crippen molar-refractivity contribution < 1.29 is 19.4 Å². The van der Waals surface area contributed by atoms with Crippen LogP contribution in [0, 0.1) is 0 Å². The van der Waals surface area contributed by atoms with Gasteiger partial charge in [-0.2, -0.15) is 0 Å². The molecule has 0 aromatic heterocycles. The minimum absolute atomic E-state index is 0.110. The quantitative estimate of drug-likeness (QED) is 0.892. The average molecular weight is 250 g/mol. The number of benzene rings is 1. The highest BCUT2D eigenvalue weighted by Gasteiger charge is 2.28. The van der Waals surface area contributed by atoms with Crippen molar-refractivity contribution in [1.29, 1.82) is 0 Å². The molecule has 0 bridgehead atoms. The molecule has 0 heterocycles. The van der Waals surface area contributed by atoms with Crippen LogP contribution in [-0.4, -0.2) is 22.8 Å². The van der Waals surface area contributed by atoms with Gasteiger partial charge in [-0.05, 0) is 45.7 Å². The molecule has 18 heavy (non-hydrogen) atoms. The number of hydrogen-bond acceptors (Lipinski definition) is 3. The van der Waals surface area contributed by atoms with Gasteiger partial charge in [-0.25, -0.2) is 4.79 Å². The maximum Gasteiger partial charge on any atom is 0.343 e. The van der Waals surface area contributed by atoms with Crippen molar-refractivity contribution in [3.05, 3.63) is 23.8 Å².